The summed E-state index contributed by atoms with van der Waals surface area (Å²) >= 11 is 0. The number of benzene rings is 1. The normalized spacial score (nSPS) is 8.69. The van der Waals surface area contributed by atoms with Gasteiger partial charge < -0.3 is 14.6 Å². The molecule has 1 rings (SSSR count). The van der Waals surface area contributed by atoms with Crippen molar-refractivity contribution >= 4 is 5.97 Å². The molecule has 1 aromatic rings. The second-order valence-electron chi connectivity index (χ2n) is 2.63. The van der Waals surface area contributed by atoms with Crippen molar-refractivity contribution in [2.75, 3.05) is 14.2 Å². The van der Waals surface area contributed by atoms with Crippen LogP contribution < -0.4 is 18.9 Å². The van der Waals surface area contributed by atoms with Crippen molar-refractivity contribution in [3.8, 4) is 0 Å². The molecule has 4 nitrogen and oxygen atoms in total. The van der Waals surface area contributed by atoms with Gasteiger partial charge in [0, 0.05) is 14.2 Å². The molecule has 84 valence electrons. The molecule has 0 aliphatic heterocycles. The van der Waals surface area contributed by atoms with Crippen LogP contribution in [0.4, 0.5) is 0 Å². The maximum Gasteiger partial charge on any atom is 1.00 e. The molecule has 0 fully saturated rings. The molecule has 0 atom stereocenters. The summed E-state index contributed by atoms with van der Waals surface area (Å²) in [5.74, 6) is -1.12. The van der Waals surface area contributed by atoms with Crippen LogP contribution in [0.2, 0.25) is 0 Å². The smallest absolute Gasteiger partial charge is 0.477 e. The fourth-order valence-corrected chi connectivity index (χ4v) is 0.776. The number of carboxylic acids is 1. The van der Waals surface area contributed by atoms with Crippen molar-refractivity contribution in [1.29, 1.82) is 0 Å². The van der Waals surface area contributed by atoms with Crippen LogP contribution in [0.25, 0.3) is 0 Å². The molecule has 0 radical (unpaired) electrons. The summed E-state index contributed by atoms with van der Waals surface area (Å²) in [6, 6.07) is 9.87. The first-order chi connectivity index (χ1) is 7.11. The molecule has 1 N–H and O–H groups in total. The number of carbonyl (C=O) groups is 1. The van der Waals surface area contributed by atoms with Gasteiger partial charge in [0.15, 0.2) is 0 Å². The van der Waals surface area contributed by atoms with E-state index < -0.39 is 12.3 Å². The van der Waals surface area contributed by atoms with Crippen LogP contribution in [0.15, 0.2) is 30.3 Å². The van der Waals surface area contributed by atoms with Crippen LogP contribution >= 0.6 is 0 Å². The molecule has 0 heterocycles. The Morgan fingerprint density at radius 3 is 1.81 bits per heavy atom. The Bertz CT molecular complexity index is 273. The Labute approximate surface area is 108 Å². The molecule has 0 unspecified atom stereocenters. The Hall–Kier alpha value is -0.923. The van der Waals surface area contributed by atoms with Gasteiger partial charge in [-0.05, 0) is 0 Å². The van der Waals surface area contributed by atoms with E-state index in [0.717, 1.165) is 5.56 Å². The van der Waals surface area contributed by atoms with Crippen molar-refractivity contribution < 1.29 is 38.2 Å². The molecule has 0 aliphatic rings. The molecular weight excluding hydrogens is 203 g/mol. The summed E-state index contributed by atoms with van der Waals surface area (Å²) in [7, 11) is 2.53. The monoisotopic (exact) mass is 218 g/mol. The molecule has 0 saturated carbocycles. The molecule has 5 heteroatoms. The van der Waals surface area contributed by atoms with E-state index in [1.165, 1.54) is 14.2 Å². The molecule has 0 aromatic heterocycles. The van der Waals surface area contributed by atoms with Crippen LogP contribution in [0.1, 0.15) is 5.56 Å². The third-order valence-electron chi connectivity index (χ3n) is 1.47. The minimum Gasteiger partial charge on any atom is -0.477 e. The third kappa shape index (κ3) is 8.39. The first-order valence-electron chi connectivity index (χ1n) is 4.27. The van der Waals surface area contributed by atoms with Crippen molar-refractivity contribution in [3.05, 3.63) is 42.8 Å². The number of hydrogen-bond donors (Lipinski definition) is 1. The van der Waals surface area contributed by atoms with Gasteiger partial charge in [0.05, 0.1) is 0 Å². The maximum absolute atomic E-state index is 9.91. The molecular formula is C11H15LiO4. The molecule has 0 aliphatic carbocycles. The van der Waals surface area contributed by atoms with Gasteiger partial charge in [0.1, 0.15) is 0 Å². The average Bonchev–Trinajstić information content (AvgIpc) is 2.21. The Morgan fingerprint density at radius 2 is 1.69 bits per heavy atom. The predicted octanol–water partition coefficient (Wildman–Crippen LogP) is -1.44. The number of carboxylic acid groups (broad SMARTS) is 1. The van der Waals surface area contributed by atoms with E-state index in [2.05, 4.69) is 16.4 Å². The van der Waals surface area contributed by atoms with E-state index >= 15 is 0 Å². The van der Waals surface area contributed by atoms with Crippen molar-refractivity contribution in [2.45, 2.75) is 6.29 Å². The fraction of sp³-hybridized carbons (Fsp3) is 0.273. The van der Waals surface area contributed by atoms with E-state index in [0.29, 0.717) is 0 Å². The predicted molar refractivity (Wildman–Crippen MR) is 56.3 cm³/mol. The standard InChI is InChI=1S/C7H7.C4H8O4.Li/c1-7-5-3-2-4-6-7;1-7-4(8-2)3(5)6;/h2-6H,1H2;4H,1-2H3,(H,5,6);/q-1;;+1. The van der Waals surface area contributed by atoms with Gasteiger partial charge >= 0.3 is 24.8 Å². The summed E-state index contributed by atoms with van der Waals surface area (Å²) in [5.41, 5.74) is 1.07. The van der Waals surface area contributed by atoms with E-state index in [1.807, 2.05) is 30.3 Å². The molecule has 0 spiro atoms. The van der Waals surface area contributed by atoms with Crippen LogP contribution in [-0.4, -0.2) is 31.6 Å². The van der Waals surface area contributed by atoms with Crippen LogP contribution in [-0.2, 0) is 14.3 Å². The first-order valence-corrected chi connectivity index (χ1v) is 4.27. The second kappa shape index (κ2) is 10.6. The second-order valence-corrected chi connectivity index (χ2v) is 2.63. The van der Waals surface area contributed by atoms with Gasteiger partial charge in [-0.2, -0.15) is 24.6 Å². The summed E-state index contributed by atoms with van der Waals surface area (Å²) in [6.07, 6.45) is -1.13. The zero-order chi connectivity index (χ0) is 11.7. The summed E-state index contributed by atoms with van der Waals surface area (Å²) < 4.78 is 8.68. The topological polar surface area (TPSA) is 55.8 Å². The minimum absolute atomic E-state index is 0. The number of aliphatic carboxylic acids is 1. The molecule has 0 amide bonds. The Kier molecular flexibility index (Phi) is 11.6. The van der Waals surface area contributed by atoms with Gasteiger partial charge in [-0.15, -0.1) is 12.1 Å². The summed E-state index contributed by atoms with van der Waals surface area (Å²) in [5, 5.41) is 8.12. The Morgan fingerprint density at radius 1 is 1.25 bits per heavy atom. The van der Waals surface area contributed by atoms with Gasteiger partial charge in [0.25, 0.3) is 6.29 Å². The number of ether oxygens (including phenoxy) is 2. The number of hydrogen-bond acceptors (Lipinski definition) is 3. The quantitative estimate of drug-likeness (QED) is 0.383. The zero-order valence-corrected chi connectivity index (χ0v) is 9.84. The molecule has 16 heavy (non-hydrogen) atoms. The van der Waals surface area contributed by atoms with Crippen molar-refractivity contribution in [3.63, 3.8) is 0 Å². The molecule has 0 bridgehead atoms. The Balaban J connectivity index is 0. The van der Waals surface area contributed by atoms with E-state index in [9.17, 15) is 4.79 Å². The first kappa shape index (κ1) is 17.5. The average molecular weight is 218 g/mol. The summed E-state index contributed by atoms with van der Waals surface area (Å²) in [6.45, 7) is 3.72. The van der Waals surface area contributed by atoms with E-state index in [-0.39, 0.29) is 18.9 Å². The third-order valence-corrected chi connectivity index (χ3v) is 1.47. The van der Waals surface area contributed by atoms with Crippen molar-refractivity contribution in [2.24, 2.45) is 0 Å². The van der Waals surface area contributed by atoms with Gasteiger partial charge in [0.2, 0.25) is 0 Å². The fourth-order valence-electron chi connectivity index (χ4n) is 0.776. The minimum atomic E-state index is -1.13. The maximum atomic E-state index is 9.91. The van der Waals surface area contributed by atoms with Crippen LogP contribution in [0.3, 0.4) is 0 Å². The van der Waals surface area contributed by atoms with Crippen LogP contribution in [0.5, 0.6) is 0 Å². The molecule has 0 saturated heterocycles. The number of rotatable bonds is 3. The number of methoxy groups -OCH3 is 2. The van der Waals surface area contributed by atoms with E-state index in [4.69, 9.17) is 5.11 Å². The van der Waals surface area contributed by atoms with E-state index in [1.54, 1.807) is 0 Å². The van der Waals surface area contributed by atoms with Gasteiger partial charge in [-0.1, -0.05) is 6.07 Å². The van der Waals surface area contributed by atoms with Crippen molar-refractivity contribution in [1.82, 2.24) is 0 Å². The van der Waals surface area contributed by atoms with Gasteiger partial charge in [-0.25, -0.2) is 4.79 Å². The largest absolute Gasteiger partial charge is 1.00 e. The molecule has 1 aromatic carbocycles. The van der Waals surface area contributed by atoms with Crippen LogP contribution in [0, 0.1) is 6.92 Å². The SMILES string of the molecule is COC(OC)C(=O)O.[CH2-]c1ccccc1.[Li+]. The zero-order valence-electron chi connectivity index (χ0n) is 9.84. The summed E-state index contributed by atoms with van der Waals surface area (Å²) in [4.78, 5) is 9.91. The van der Waals surface area contributed by atoms with Gasteiger partial charge in [-0.3, -0.25) is 0 Å².